The molecule has 24 heavy (non-hydrogen) atoms. The Balaban J connectivity index is 1.70. The summed E-state index contributed by atoms with van der Waals surface area (Å²) in [4.78, 5) is 8.58. The van der Waals surface area contributed by atoms with E-state index in [0.717, 1.165) is 33.4 Å². The summed E-state index contributed by atoms with van der Waals surface area (Å²) < 4.78 is 0. The van der Waals surface area contributed by atoms with E-state index in [1.165, 1.54) is 0 Å². The summed E-state index contributed by atoms with van der Waals surface area (Å²) in [6.07, 6.45) is 5.34. The number of nitrogens with zero attached hydrogens (tertiary/aromatic N) is 3. The zero-order valence-electron chi connectivity index (χ0n) is 12.9. The molecular weight excluding hydrogens is 300 g/mol. The first-order chi connectivity index (χ1) is 11.8. The molecule has 4 rings (SSSR count). The van der Waals surface area contributed by atoms with E-state index in [-0.39, 0.29) is 0 Å². The minimum atomic E-state index is 0.484. The second-order valence-corrected chi connectivity index (χ2v) is 5.51. The van der Waals surface area contributed by atoms with Gasteiger partial charge in [-0.3, -0.25) is 10.1 Å². The smallest absolute Gasteiger partial charge is 0.126 e. The van der Waals surface area contributed by atoms with Crippen LogP contribution in [0.4, 0.5) is 11.5 Å². The maximum atomic E-state index is 5.98. The molecular formula is C18H16N6. The predicted octanol–water partition coefficient (Wildman–Crippen LogP) is 3.21. The maximum absolute atomic E-state index is 5.98. The molecule has 118 valence electrons. The van der Waals surface area contributed by atoms with Gasteiger partial charge < -0.3 is 11.1 Å². The number of nitrogens with two attached hydrogens (primary N) is 1. The molecule has 0 atom stereocenters. The van der Waals surface area contributed by atoms with E-state index in [2.05, 4.69) is 25.5 Å². The second kappa shape index (κ2) is 6.00. The normalized spacial score (nSPS) is 10.8. The third kappa shape index (κ3) is 2.77. The van der Waals surface area contributed by atoms with Crippen LogP contribution in [0.25, 0.3) is 22.2 Å². The average molecular weight is 316 g/mol. The molecule has 4 aromatic rings. The zero-order chi connectivity index (χ0) is 16.4. The molecule has 0 radical (unpaired) electrons. The summed E-state index contributed by atoms with van der Waals surface area (Å²) in [7, 11) is 0. The van der Waals surface area contributed by atoms with Gasteiger partial charge in [-0.05, 0) is 23.8 Å². The summed E-state index contributed by atoms with van der Waals surface area (Å²) in [6, 6.07) is 13.8. The molecule has 0 saturated heterocycles. The zero-order valence-corrected chi connectivity index (χ0v) is 12.9. The third-order valence-electron chi connectivity index (χ3n) is 3.85. The number of pyridine rings is 2. The van der Waals surface area contributed by atoms with Crippen LogP contribution in [0.3, 0.4) is 0 Å². The van der Waals surface area contributed by atoms with Crippen molar-refractivity contribution in [3.63, 3.8) is 0 Å². The van der Waals surface area contributed by atoms with Crippen molar-refractivity contribution < 1.29 is 0 Å². The fraction of sp³-hybridized carbons (Fsp3) is 0.0556. The quantitative estimate of drug-likeness (QED) is 0.537. The molecule has 0 aliphatic heterocycles. The SMILES string of the molecule is Nc1cc(NCc2cccnc2)c2ccc(-c3ccn[nH]3)cc2n1. The van der Waals surface area contributed by atoms with E-state index in [9.17, 15) is 0 Å². The van der Waals surface area contributed by atoms with Crippen LogP contribution < -0.4 is 11.1 Å². The van der Waals surface area contributed by atoms with E-state index in [1.54, 1.807) is 12.4 Å². The Labute approximate surface area is 138 Å². The molecule has 3 aromatic heterocycles. The molecule has 0 bridgehead atoms. The first-order valence-corrected chi connectivity index (χ1v) is 7.62. The minimum Gasteiger partial charge on any atom is -0.384 e. The summed E-state index contributed by atoms with van der Waals surface area (Å²) in [5, 5.41) is 11.4. The highest BCUT2D eigenvalue weighted by Gasteiger charge is 2.07. The topological polar surface area (TPSA) is 92.5 Å². The number of hydrogen-bond donors (Lipinski definition) is 3. The number of hydrogen-bond acceptors (Lipinski definition) is 5. The first kappa shape index (κ1) is 14.2. The lowest BCUT2D eigenvalue weighted by Crippen LogP contribution is -2.02. The molecule has 0 saturated carbocycles. The van der Waals surface area contributed by atoms with Gasteiger partial charge in [0.1, 0.15) is 5.82 Å². The predicted molar refractivity (Wildman–Crippen MR) is 95.3 cm³/mol. The molecule has 6 nitrogen and oxygen atoms in total. The molecule has 0 amide bonds. The Morgan fingerprint density at radius 3 is 2.83 bits per heavy atom. The van der Waals surface area contributed by atoms with Gasteiger partial charge in [0.05, 0.1) is 11.2 Å². The first-order valence-electron chi connectivity index (χ1n) is 7.62. The van der Waals surface area contributed by atoms with Crippen LogP contribution in [0.5, 0.6) is 0 Å². The molecule has 0 fully saturated rings. The Kier molecular flexibility index (Phi) is 3.55. The summed E-state index contributed by atoms with van der Waals surface area (Å²) in [5.74, 6) is 0.484. The fourth-order valence-electron chi connectivity index (χ4n) is 2.68. The lowest BCUT2D eigenvalue weighted by Gasteiger charge is -2.11. The highest BCUT2D eigenvalue weighted by molar-refractivity contribution is 5.95. The number of anilines is 2. The molecule has 6 heteroatoms. The Morgan fingerprint density at radius 1 is 1.08 bits per heavy atom. The van der Waals surface area contributed by atoms with Gasteiger partial charge in [0.15, 0.2) is 0 Å². The monoisotopic (exact) mass is 316 g/mol. The van der Waals surface area contributed by atoms with Crippen LogP contribution in [0.1, 0.15) is 5.56 Å². The van der Waals surface area contributed by atoms with Gasteiger partial charge in [-0.25, -0.2) is 4.98 Å². The number of H-pyrrole nitrogens is 1. The summed E-state index contributed by atoms with van der Waals surface area (Å²) in [6.45, 7) is 0.675. The van der Waals surface area contributed by atoms with Crippen molar-refractivity contribution in [2.24, 2.45) is 0 Å². The number of aromatic amines is 1. The van der Waals surface area contributed by atoms with Gasteiger partial charge in [0.25, 0.3) is 0 Å². The van der Waals surface area contributed by atoms with E-state index >= 15 is 0 Å². The number of benzene rings is 1. The van der Waals surface area contributed by atoms with Crippen molar-refractivity contribution in [2.45, 2.75) is 6.54 Å². The highest BCUT2D eigenvalue weighted by Crippen LogP contribution is 2.28. The van der Waals surface area contributed by atoms with Crippen LogP contribution in [-0.2, 0) is 6.54 Å². The van der Waals surface area contributed by atoms with Gasteiger partial charge >= 0.3 is 0 Å². The van der Waals surface area contributed by atoms with Gasteiger partial charge in [-0.2, -0.15) is 5.10 Å². The van der Waals surface area contributed by atoms with Gasteiger partial charge in [0, 0.05) is 47.8 Å². The molecule has 0 aliphatic rings. The van der Waals surface area contributed by atoms with Crippen LogP contribution in [0.15, 0.2) is 61.1 Å². The summed E-state index contributed by atoms with van der Waals surface area (Å²) in [5.41, 5.74) is 10.9. The molecule has 0 spiro atoms. The second-order valence-electron chi connectivity index (χ2n) is 5.51. The Bertz CT molecular complexity index is 964. The number of nitrogens with one attached hydrogen (secondary N) is 2. The minimum absolute atomic E-state index is 0.484. The van der Waals surface area contributed by atoms with Gasteiger partial charge in [-0.1, -0.05) is 18.2 Å². The van der Waals surface area contributed by atoms with Crippen molar-refractivity contribution in [3.8, 4) is 11.3 Å². The lowest BCUT2D eigenvalue weighted by atomic mass is 10.1. The summed E-state index contributed by atoms with van der Waals surface area (Å²) >= 11 is 0. The largest absolute Gasteiger partial charge is 0.384 e. The van der Waals surface area contributed by atoms with E-state index in [0.29, 0.717) is 12.4 Å². The van der Waals surface area contributed by atoms with Crippen molar-refractivity contribution in [2.75, 3.05) is 11.1 Å². The fourth-order valence-corrected chi connectivity index (χ4v) is 2.68. The van der Waals surface area contributed by atoms with Crippen molar-refractivity contribution in [1.29, 1.82) is 0 Å². The molecule has 4 N–H and O–H groups in total. The number of aromatic nitrogens is 4. The van der Waals surface area contributed by atoms with E-state index in [1.807, 2.05) is 48.7 Å². The molecule has 0 aliphatic carbocycles. The standard InChI is InChI=1S/C18H16N6/c19-18-9-16(21-11-12-2-1-6-20-10-12)14-4-3-13(8-17(14)23-18)15-5-7-22-24-15/h1-10H,11H2,(H,22,24)(H3,19,21,23). The van der Waals surface area contributed by atoms with Crippen LogP contribution in [0, 0.1) is 0 Å². The van der Waals surface area contributed by atoms with Crippen molar-refractivity contribution in [1.82, 2.24) is 20.2 Å². The molecule has 1 aromatic carbocycles. The number of nitrogen functional groups attached to an aromatic ring is 1. The van der Waals surface area contributed by atoms with Gasteiger partial charge in [0.2, 0.25) is 0 Å². The van der Waals surface area contributed by atoms with Gasteiger partial charge in [-0.15, -0.1) is 0 Å². The molecule has 0 unspecified atom stereocenters. The highest BCUT2D eigenvalue weighted by atomic mass is 15.1. The van der Waals surface area contributed by atoms with Crippen LogP contribution in [0.2, 0.25) is 0 Å². The van der Waals surface area contributed by atoms with Crippen LogP contribution >= 0.6 is 0 Å². The van der Waals surface area contributed by atoms with Crippen molar-refractivity contribution >= 4 is 22.4 Å². The van der Waals surface area contributed by atoms with E-state index in [4.69, 9.17) is 5.73 Å². The Morgan fingerprint density at radius 2 is 2.04 bits per heavy atom. The maximum Gasteiger partial charge on any atom is 0.126 e. The number of fused-ring (bicyclic) bond motifs is 1. The van der Waals surface area contributed by atoms with E-state index < -0.39 is 0 Å². The third-order valence-corrected chi connectivity index (χ3v) is 3.85. The lowest BCUT2D eigenvalue weighted by molar-refractivity contribution is 1.10. The van der Waals surface area contributed by atoms with Crippen LogP contribution in [-0.4, -0.2) is 20.2 Å². The van der Waals surface area contributed by atoms with Crippen molar-refractivity contribution in [3.05, 3.63) is 66.6 Å². The molecule has 3 heterocycles. The average Bonchev–Trinajstić information content (AvgIpc) is 3.14. The Hall–Kier alpha value is -3.41. The number of rotatable bonds is 4.